The predicted octanol–water partition coefficient (Wildman–Crippen LogP) is 2.37. The SMILES string of the molecule is CCC(C)NS(=O)(=O)c1ccc(C(=O)NCC(CC)N2CCCC2)cc1. The Morgan fingerprint density at radius 1 is 1.12 bits per heavy atom. The van der Waals surface area contributed by atoms with Crippen LogP contribution in [0.2, 0.25) is 0 Å². The molecule has 2 unspecified atom stereocenters. The standard InChI is InChI=1S/C19H31N3O3S/c1-4-15(3)21-26(24,25)18-10-8-16(9-11-18)19(23)20-14-17(5-2)22-12-6-7-13-22/h8-11,15,17,21H,4-7,12-14H2,1-3H3,(H,20,23). The smallest absolute Gasteiger partial charge is 0.251 e. The van der Waals surface area contributed by atoms with Crippen molar-refractivity contribution < 1.29 is 13.2 Å². The average molecular weight is 382 g/mol. The molecule has 2 rings (SSSR count). The summed E-state index contributed by atoms with van der Waals surface area (Å²) in [7, 11) is -3.54. The van der Waals surface area contributed by atoms with Crippen LogP contribution in [0.5, 0.6) is 0 Å². The molecule has 0 radical (unpaired) electrons. The lowest BCUT2D eigenvalue weighted by atomic mass is 10.1. The Kier molecular flexibility index (Phi) is 7.61. The molecule has 0 aliphatic carbocycles. The fourth-order valence-corrected chi connectivity index (χ4v) is 4.48. The second-order valence-corrected chi connectivity index (χ2v) is 8.68. The zero-order chi connectivity index (χ0) is 19.2. The van der Waals surface area contributed by atoms with Gasteiger partial charge in [-0.2, -0.15) is 0 Å². The van der Waals surface area contributed by atoms with E-state index in [2.05, 4.69) is 21.9 Å². The normalized spacial score (nSPS) is 17.8. The van der Waals surface area contributed by atoms with E-state index < -0.39 is 10.0 Å². The third-order valence-electron chi connectivity index (χ3n) is 5.02. The Morgan fingerprint density at radius 2 is 1.73 bits per heavy atom. The maximum Gasteiger partial charge on any atom is 0.251 e. The number of nitrogens with one attached hydrogen (secondary N) is 2. The summed E-state index contributed by atoms with van der Waals surface area (Å²) in [6, 6.07) is 6.34. The van der Waals surface area contributed by atoms with Crippen molar-refractivity contribution in [3.63, 3.8) is 0 Å². The Bertz CT molecular complexity index is 682. The first-order chi connectivity index (χ1) is 12.4. The monoisotopic (exact) mass is 381 g/mol. The molecule has 1 heterocycles. The number of hydrogen-bond acceptors (Lipinski definition) is 4. The number of sulfonamides is 1. The zero-order valence-electron chi connectivity index (χ0n) is 16.0. The molecule has 0 spiro atoms. The number of carbonyl (C=O) groups excluding carboxylic acids is 1. The van der Waals surface area contributed by atoms with Crippen LogP contribution < -0.4 is 10.0 Å². The summed E-state index contributed by atoms with van der Waals surface area (Å²) in [4.78, 5) is 15.0. The van der Waals surface area contributed by atoms with Gasteiger partial charge in [0, 0.05) is 24.2 Å². The third kappa shape index (κ3) is 5.53. The lowest BCUT2D eigenvalue weighted by Gasteiger charge is -2.26. The lowest BCUT2D eigenvalue weighted by Crippen LogP contribution is -2.42. The van der Waals surface area contributed by atoms with Gasteiger partial charge in [0.15, 0.2) is 0 Å². The van der Waals surface area contributed by atoms with Crippen LogP contribution in [0.25, 0.3) is 0 Å². The van der Waals surface area contributed by atoms with E-state index in [0.717, 1.165) is 25.9 Å². The Balaban J connectivity index is 1.95. The molecule has 7 heteroatoms. The van der Waals surface area contributed by atoms with Crippen LogP contribution in [0.15, 0.2) is 29.2 Å². The van der Waals surface area contributed by atoms with E-state index in [4.69, 9.17) is 0 Å². The van der Waals surface area contributed by atoms with Crippen molar-refractivity contribution in [3.05, 3.63) is 29.8 Å². The first kappa shape index (κ1) is 20.9. The van der Waals surface area contributed by atoms with Crippen molar-refractivity contribution >= 4 is 15.9 Å². The highest BCUT2D eigenvalue weighted by molar-refractivity contribution is 7.89. The van der Waals surface area contributed by atoms with E-state index in [-0.39, 0.29) is 16.8 Å². The van der Waals surface area contributed by atoms with Gasteiger partial charge in [-0.1, -0.05) is 13.8 Å². The van der Waals surface area contributed by atoms with Crippen molar-refractivity contribution in [1.29, 1.82) is 0 Å². The molecule has 1 saturated heterocycles. The molecular weight excluding hydrogens is 350 g/mol. The fourth-order valence-electron chi connectivity index (χ4n) is 3.15. The van der Waals surface area contributed by atoms with Crippen LogP contribution in [0.4, 0.5) is 0 Å². The first-order valence-corrected chi connectivity index (χ1v) is 11.0. The number of amides is 1. The minimum atomic E-state index is -3.54. The number of rotatable bonds is 9. The maximum absolute atomic E-state index is 12.4. The van der Waals surface area contributed by atoms with Crippen LogP contribution in [0.1, 0.15) is 56.8 Å². The van der Waals surface area contributed by atoms with Crippen molar-refractivity contribution in [2.24, 2.45) is 0 Å². The second kappa shape index (κ2) is 9.48. The predicted molar refractivity (Wildman–Crippen MR) is 104 cm³/mol. The number of nitrogens with zero attached hydrogens (tertiary/aromatic N) is 1. The van der Waals surface area contributed by atoms with Crippen LogP contribution in [0.3, 0.4) is 0 Å². The molecule has 0 aromatic heterocycles. The van der Waals surface area contributed by atoms with Gasteiger partial charge in [0.1, 0.15) is 0 Å². The van der Waals surface area contributed by atoms with Gasteiger partial charge in [-0.3, -0.25) is 9.69 Å². The Morgan fingerprint density at radius 3 is 2.27 bits per heavy atom. The molecule has 1 aromatic rings. The van der Waals surface area contributed by atoms with Gasteiger partial charge >= 0.3 is 0 Å². The molecule has 2 N–H and O–H groups in total. The largest absolute Gasteiger partial charge is 0.350 e. The van der Waals surface area contributed by atoms with Crippen LogP contribution in [-0.4, -0.2) is 50.9 Å². The molecular formula is C19H31N3O3S. The molecule has 26 heavy (non-hydrogen) atoms. The highest BCUT2D eigenvalue weighted by atomic mass is 32.2. The molecule has 6 nitrogen and oxygen atoms in total. The van der Waals surface area contributed by atoms with Gasteiger partial charge in [0.25, 0.3) is 5.91 Å². The summed E-state index contributed by atoms with van der Waals surface area (Å²) in [5, 5.41) is 2.98. The molecule has 1 aromatic carbocycles. The van der Waals surface area contributed by atoms with Crippen molar-refractivity contribution in [1.82, 2.24) is 14.9 Å². The Hall–Kier alpha value is -1.44. The Labute approximate surface area is 157 Å². The topological polar surface area (TPSA) is 78.5 Å². The first-order valence-electron chi connectivity index (χ1n) is 9.52. The quantitative estimate of drug-likeness (QED) is 0.688. The summed E-state index contributed by atoms with van der Waals surface area (Å²) in [5.74, 6) is -0.165. The van der Waals surface area contributed by atoms with Crippen LogP contribution >= 0.6 is 0 Å². The minimum Gasteiger partial charge on any atom is -0.350 e. The van der Waals surface area contributed by atoms with Gasteiger partial charge in [0.05, 0.1) is 4.90 Å². The molecule has 1 amide bonds. The zero-order valence-corrected chi connectivity index (χ0v) is 16.8. The molecule has 0 saturated carbocycles. The van der Waals surface area contributed by atoms with Gasteiger partial charge in [-0.25, -0.2) is 13.1 Å². The molecule has 1 aliphatic heterocycles. The molecule has 2 atom stereocenters. The summed E-state index contributed by atoms with van der Waals surface area (Å²) < 4.78 is 27.1. The summed E-state index contributed by atoms with van der Waals surface area (Å²) in [6.07, 6.45) is 4.17. The van der Waals surface area contributed by atoms with E-state index in [1.165, 1.54) is 25.0 Å². The maximum atomic E-state index is 12.4. The highest BCUT2D eigenvalue weighted by Crippen LogP contribution is 2.14. The van der Waals surface area contributed by atoms with Crippen LogP contribution in [-0.2, 0) is 10.0 Å². The van der Waals surface area contributed by atoms with Crippen molar-refractivity contribution in [3.8, 4) is 0 Å². The van der Waals surface area contributed by atoms with Crippen molar-refractivity contribution in [2.75, 3.05) is 19.6 Å². The number of carbonyl (C=O) groups is 1. The average Bonchev–Trinajstić information content (AvgIpc) is 3.16. The molecule has 146 valence electrons. The third-order valence-corrected chi connectivity index (χ3v) is 6.63. The number of likely N-dealkylation sites (tertiary alicyclic amines) is 1. The summed E-state index contributed by atoms with van der Waals surface area (Å²) in [6.45, 7) is 8.70. The van der Waals surface area contributed by atoms with E-state index in [0.29, 0.717) is 18.2 Å². The number of benzene rings is 1. The van der Waals surface area contributed by atoms with Crippen LogP contribution in [0, 0.1) is 0 Å². The van der Waals surface area contributed by atoms with Gasteiger partial charge in [-0.05, 0) is 70.0 Å². The molecule has 1 fully saturated rings. The van der Waals surface area contributed by atoms with E-state index in [1.54, 1.807) is 12.1 Å². The molecule has 0 bridgehead atoms. The van der Waals surface area contributed by atoms with Gasteiger partial charge < -0.3 is 5.32 Å². The summed E-state index contributed by atoms with van der Waals surface area (Å²) in [5.41, 5.74) is 0.476. The van der Waals surface area contributed by atoms with E-state index in [1.807, 2.05) is 13.8 Å². The second-order valence-electron chi connectivity index (χ2n) is 6.97. The highest BCUT2D eigenvalue weighted by Gasteiger charge is 2.21. The lowest BCUT2D eigenvalue weighted by molar-refractivity contribution is 0.0937. The van der Waals surface area contributed by atoms with E-state index in [9.17, 15) is 13.2 Å². The van der Waals surface area contributed by atoms with E-state index >= 15 is 0 Å². The fraction of sp³-hybridized carbons (Fsp3) is 0.632. The number of hydrogen-bond donors (Lipinski definition) is 2. The van der Waals surface area contributed by atoms with Crippen molar-refractivity contribution in [2.45, 2.75) is 63.4 Å². The minimum absolute atomic E-state index is 0.125. The van der Waals surface area contributed by atoms with Gasteiger partial charge in [-0.15, -0.1) is 0 Å². The molecule has 1 aliphatic rings. The van der Waals surface area contributed by atoms with Gasteiger partial charge in [0.2, 0.25) is 10.0 Å². The summed E-state index contributed by atoms with van der Waals surface area (Å²) >= 11 is 0.